The molecule has 23 heavy (non-hydrogen) atoms. The third kappa shape index (κ3) is 2.74. The first-order valence-corrected chi connectivity index (χ1v) is 8.66. The van der Waals surface area contributed by atoms with Crippen LogP contribution in [-0.4, -0.2) is 51.0 Å². The SMILES string of the molecule is CC(C)c1nnc(N2CCN(c3ccc4nccn4n3)CC2)s1. The van der Waals surface area contributed by atoms with Gasteiger partial charge in [0.2, 0.25) is 5.13 Å². The van der Waals surface area contributed by atoms with Crippen LogP contribution in [0, 0.1) is 0 Å². The summed E-state index contributed by atoms with van der Waals surface area (Å²) in [6.07, 6.45) is 3.65. The van der Waals surface area contributed by atoms with Crippen LogP contribution in [0.2, 0.25) is 0 Å². The highest BCUT2D eigenvalue weighted by Crippen LogP contribution is 2.26. The Balaban J connectivity index is 1.45. The van der Waals surface area contributed by atoms with Gasteiger partial charge in [-0.25, -0.2) is 9.50 Å². The fourth-order valence-electron chi connectivity index (χ4n) is 2.69. The van der Waals surface area contributed by atoms with Gasteiger partial charge in [0.05, 0.1) is 0 Å². The van der Waals surface area contributed by atoms with Crippen molar-refractivity contribution in [3.8, 4) is 0 Å². The molecule has 3 aromatic rings. The molecule has 0 amide bonds. The maximum absolute atomic E-state index is 4.62. The van der Waals surface area contributed by atoms with Gasteiger partial charge >= 0.3 is 0 Å². The van der Waals surface area contributed by atoms with Gasteiger partial charge in [-0.2, -0.15) is 0 Å². The van der Waals surface area contributed by atoms with E-state index in [0.29, 0.717) is 5.92 Å². The molecule has 0 atom stereocenters. The summed E-state index contributed by atoms with van der Waals surface area (Å²) in [6, 6.07) is 4.05. The first kappa shape index (κ1) is 14.4. The standard InChI is InChI=1S/C15H19N7S/c1-11(2)14-17-18-15(23-14)21-9-7-20(8-10-21)13-4-3-12-16-5-6-22(12)19-13/h3-6,11H,7-10H2,1-2H3. The number of anilines is 2. The molecule has 8 heteroatoms. The average Bonchev–Trinajstić information content (AvgIpc) is 3.23. The van der Waals surface area contributed by atoms with Gasteiger partial charge in [0.1, 0.15) is 10.8 Å². The molecule has 4 rings (SSSR count). The fourth-order valence-corrected chi connectivity index (χ4v) is 3.59. The lowest BCUT2D eigenvalue weighted by atomic mass is 10.2. The third-order valence-corrected chi connectivity index (χ3v) is 5.32. The van der Waals surface area contributed by atoms with E-state index < -0.39 is 0 Å². The fraction of sp³-hybridized carbons (Fsp3) is 0.467. The zero-order valence-electron chi connectivity index (χ0n) is 13.3. The van der Waals surface area contributed by atoms with Gasteiger partial charge in [-0.15, -0.1) is 15.3 Å². The summed E-state index contributed by atoms with van der Waals surface area (Å²) < 4.78 is 1.82. The highest BCUT2D eigenvalue weighted by molar-refractivity contribution is 7.15. The lowest BCUT2D eigenvalue weighted by Crippen LogP contribution is -2.47. The number of piperazine rings is 1. The summed E-state index contributed by atoms with van der Waals surface area (Å²) >= 11 is 1.70. The Morgan fingerprint density at radius 1 is 1.04 bits per heavy atom. The molecule has 0 N–H and O–H groups in total. The Morgan fingerprint density at radius 3 is 2.57 bits per heavy atom. The molecule has 0 aliphatic carbocycles. The lowest BCUT2D eigenvalue weighted by molar-refractivity contribution is 0.638. The van der Waals surface area contributed by atoms with E-state index in [0.717, 1.165) is 47.8 Å². The van der Waals surface area contributed by atoms with Crippen LogP contribution in [0.5, 0.6) is 0 Å². The van der Waals surface area contributed by atoms with Crippen LogP contribution in [0.4, 0.5) is 10.9 Å². The Bertz CT molecular complexity index is 801. The minimum Gasteiger partial charge on any atom is -0.352 e. The van der Waals surface area contributed by atoms with E-state index in [1.54, 1.807) is 17.5 Å². The molecule has 7 nitrogen and oxygen atoms in total. The van der Waals surface area contributed by atoms with Crippen molar-refractivity contribution in [1.82, 2.24) is 24.8 Å². The molecule has 1 saturated heterocycles. The Morgan fingerprint density at radius 2 is 1.83 bits per heavy atom. The van der Waals surface area contributed by atoms with Crippen molar-refractivity contribution in [2.24, 2.45) is 0 Å². The zero-order valence-corrected chi connectivity index (χ0v) is 14.1. The number of rotatable bonds is 3. The molecule has 0 bridgehead atoms. The maximum Gasteiger partial charge on any atom is 0.208 e. The molecular formula is C15H19N7S. The predicted octanol–water partition coefficient (Wildman–Crippen LogP) is 2.03. The Labute approximate surface area is 138 Å². The minimum atomic E-state index is 0.439. The molecule has 0 saturated carbocycles. The van der Waals surface area contributed by atoms with Crippen molar-refractivity contribution >= 4 is 27.9 Å². The Kier molecular flexibility index (Phi) is 3.60. The molecule has 0 spiro atoms. The van der Waals surface area contributed by atoms with Gasteiger partial charge in [-0.05, 0) is 12.1 Å². The smallest absolute Gasteiger partial charge is 0.208 e. The summed E-state index contributed by atoms with van der Waals surface area (Å²) in [5, 5.41) is 15.4. The van der Waals surface area contributed by atoms with Crippen molar-refractivity contribution in [2.75, 3.05) is 36.0 Å². The third-order valence-electron chi connectivity index (χ3n) is 4.04. The first-order valence-electron chi connectivity index (χ1n) is 7.84. The Hall–Kier alpha value is -2.22. The largest absolute Gasteiger partial charge is 0.352 e. The predicted molar refractivity (Wildman–Crippen MR) is 91.4 cm³/mol. The van der Waals surface area contributed by atoms with Crippen molar-refractivity contribution in [2.45, 2.75) is 19.8 Å². The number of aromatic nitrogens is 5. The van der Waals surface area contributed by atoms with Gasteiger partial charge in [0, 0.05) is 44.5 Å². The van der Waals surface area contributed by atoms with Crippen LogP contribution in [0.3, 0.4) is 0 Å². The molecule has 1 fully saturated rings. The summed E-state index contributed by atoms with van der Waals surface area (Å²) in [5.41, 5.74) is 0.877. The molecule has 1 aliphatic heterocycles. The summed E-state index contributed by atoms with van der Waals surface area (Å²) in [7, 11) is 0. The highest BCUT2D eigenvalue weighted by Gasteiger charge is 2.21. The minimum absolute atomic E-state index is 0.439. The second-order valence-corrected chi connectivity index (χ2v) is 6.96. The average molecular weight is 329 g/mol. The van der Waals surface area contributed by atoms with Gasteiger partial charge in [0.25, 0.3) is 0 Å². The monoisotopic (exact) mass is 329 g/mol. The van der Waals surface area contributed by atoms with Gasteiger partial charge in [0.15, 0.2) is 5.65 Å². The van der Waals surface area contributed by atoms with Gasteiger partial charge < -0.3 is 9.80 Å². The van der Waals surface area contributed by atoms with E-state index >= 15 is 0 Å². The number of nitrogens with zero attached hydrogens (tertiary/aromatic N) is 7. The molecule has 0 radical (unpaired) electrons. The normalized spacial score (nSPS) is 15.8. The van der Waals surface area contributed by atoms with Gasteiger partial charge in [-0.1, -0.05) is 25.2 Å². The number of fused-ring (bicyclic) bond motifs is 1. The van der Waals surface area contributed by atoms with E-state index in [-0.39, 0.29) is 0 Å². The molecule has 0 unspecified atom stereocenters. The summed E-state index contributed by atoms with van der Waals surface area (Å²) in [4.78, 5) is 8.85. The van der Waals surface area contributed by atoms with Crippen LogP contribution in [-0.2, 0) is 0 Å². The number of imidazole rings is 1. The lowest BCUT2D eigenvalue weighted by Gasteiger charge is -2.34. The van der Waals surface area contributed by atoms with Crippen molar-refractivity contribution in [3.05, 3.63) is 29.5 Å². The van der Waals surface area contributed by atoms with Gasteiger partial charge in [-0.3, -0.25) is 0 Å². The molecule has 3 aromatic heterocycles. The zero-order chi connectivity index (χ0) is 15.8. The second kappa shape index (κ2) is 5.77. The highest BCUT2D eigenvalue weighted by atomic mass is 32.1. The summed E-state index contributed by atoms with van der Waals surface area (Å²) in [5.74, 6) is 1.43. The van der Waals surface area contributed by atoms with Crippen LogP contribution in [0.15, 0.2) is 24.5 Å². The molecule has 4 heterocycles. The van der Waals surface area contributed by atoms with Crippen molar-refractivity contribution < 1.29 is 0 Å². The molecule has 120 valence electrons. The molecule has 0 aromatic carbocycles. The molecule has 1 aliphatic rings. The van der Waals surface area contributed by atoms with E-state index in [9.17, 15) is 0 Å². The quantitative estimate of drug-likeness (QED) is 0.733. The number of hydrogen-bond acceptors (Lipinski definition) is 7. The maximum atomic E-state index is 4.62. The van der Waals surface area contributed by atoms with E-state index in [2.05, 4.69) is 43.9 Å². The van der Waals surface area contributed by atoms with Crippen LogP contribution >= 0.6 is 11.3 Å². The van der Waals surface area contributed by atoms with Crippen LogP contribution in [0.25, 0.3) is 5.65 Å². The van der Waals surface area contributed by atoms with E-state index in [4.69, 9.17) is 0 Å². The van der Waals surface area contributed by atoms with Crippen LogP contribution in [0.1, 0.15) is 24.8 Å². The van der Waals surface area contributed by atoms with Crippen molar-refractivity contribution in [3.63, 3.8) is 0 Å². The van der Waals surface area contributed by atoms with E-state index in [1.807, 2.05) is 22.8 Å². The topological polar surface area (TPSA) is 62.5 Å². The summed E-state index contributed by atoms with van der Waals surface area (Å²) in [6.45, 7) is 8.06. The second-order valence-electron chi connectivity index (χ2n) is 5.97. The van der Waals surface area contributed by atoms with Crippen molar-refractivity contribution in [1.29, 1.82) is 0 Å². The number of hydrogen-bond donors (Lipinski definition) is 0. The molecular weight excluding hydrogens is 310 g/mol. The van der Waals surface area contributed by atoms with E-state index in [1.165, 1.54) is 0 Å². The van der Waals surface area contributed by atoms with Crippen LogP contribution < -0.4 is 9.80 Å². The first-order chi connectivity index (χ1) is 11.2.